The molecule has 3 aromatic rings. The van der Waals surface area contributed by atoms with Crippen molar-refractivity contribution in [3.63, 3.8) is 0 Å². The Labute approximate surface area is 161 Å². The third kappa shape index (κ3) is 3.90. The molecule has 0 aliphatic heterocycles. The van der Waals surface area contributed by atoms with E-state index in [4.69, 9.17) is 0 Å². The van der Waals surface area contributed by atoms with Gasteiger partial charge in [0.05, 0.1) is 16.9 Å². The van der Waals surface area contributed by atoms with Gasteiger partial charge in [-0.2, -0.15) is 0 Å². The second-order valence-electron chi connectivity index (χ2n) is 6.55. The Bertz CT molecular complexity index is 994. The number of aryl methyl sites for hydroxylation is 1. The number of hydrogen-bond donors (Lipinski definition) is 2. The Balaban J connectivity index is 1.56. The van der Waals surface area contributed by atoms with E-state index < -0.39 is 0 Å². The molecule has 2 amide bonds. The smallest absolute Gasteiger partial charge is 0.267 e. The lowest BCUT2D eigenvalue weighted by molar-refractivity contribution is 0.0952. The van der Waals surface area contributed by atoms with Gasteiger partial charge in [-0.1, -0.05) is 42.5 Å². The summed E-state index contributed by atoms with van der Waals surface area (Å²) in [6, 6.07) is 17.1. The van der Waals surface area contributed by atoms with Crippen LogP contribution in [0.5, 0.6) is 0 Å². The molecule has 0 atom stereocenters. The second kappa shape index (κ2) is 7.32. The molecule has 1 saturated carbocycles. The molecule has 0 spiro atoms. The zero-order valence-electron chi connectivity index (χ0n) is 14.9. The number of carbonyl (C=O) groups is 2. The Morgan fingerprint density at radius 1 is 1.00 bits per heavy atom. The summed E-state index contributed by atoms with van der Waals surface area (Å²) in [7, 11) is 0. The molecule has 4 rings (SSSR count). The number of thiazole rings is 1. The molecule has 0 unspecified atom stereocenters. The van der Waals surface area contributed by atoms with E-state index in [1.54, 1.807) is 24.3 Å². The second-order valence-corrected chi connectivity index (χ2v) is 7.55. The summed E-state index contributed by atoms with van der Waals surface area (Å²) >= 11 is 1.35. The first-order valence-electron chi connectivity index (χ1n) is 8.86. The van der Waals surface area contributed by atoms with Gasteiger partial charge in [0.1, 0.15) is 9.88 Å². The molecule has 1 aromatic heterocycles. The summed E-state index contributed by atoms with van der Waals surface area (Å²) in [5, 5.41) is 6.64. The number of benzene rings is 2. The van der Waals surface area contributed by atoms with Gasteiger partial charge in [-0.25, -0.2) is 4.98 Å². The summed E-state index contributed by atoms with van der Waals surface area (Å²) in [4.78, 5) is 30.3. The number of hydrogen-bond acceptors (Lipinski definition) is 4. The van der Waals surface area contributed by atoms with Gasteiger partial charge in [0, 0.05) is 11.6 Å². The van der Waals surface area contributed by atoms with Gasteiger partial charge in [0.15, 0.2) is 0 Å². The summed E-state index contributed by atoms with van der Waals surface area (Å²) in [6.07, 6.45) is 2.03. The highest BCUT2D eigenvalue weighted by molar-refractivity contribution is 7.17. The van der Waals surface area contributed by atoms with Crippen LogP contribution in [0.3, 0.4) is 0 Å². The van der Waals surface area contributed by atoms with Crippen LogP contribution in [0.4, 0.5) is 5.69 Å². The van der Waals surface area contributed by atoms with Crippen LogP contribution in [0.2, 0.25) is 0 Å². The van der Waals surface area contributed by atoms with Crippen molar-refractivity contribution in [2.45, 2.75) is 25.8 Å². The molecule has 6 heteroatoms. The van der Waals surface area contributed by atoms with Gasteiger partial charge in [-0.15, -0.1) is 11.3 Å². The first-order valence-corrected chi connectivity index (χ1v) is 9.67. The molecule has 1 aliphatic rings. The van der Waals surface area contributed by atoms with Gasteiger partial charge >= 0.3 is 0 Å². The predicted octanol–water partition coefficient (Wildman–Crippen LogP) is 4.26. The van der Waals surface area contributed by atoms with Crippen molar-refractivity contribution < 1.29 is 9.59 Å². The molecule has 1 aliphatic carbocycles. The highest BCUT2D eigenvalue weighted by Crippen LogP contribution is 2.29. The number of nitrogens with zero attached hydrogens (tertiary/aromatic N) is 1. The van der Waals surface area contributed by atoms with Crippen molar-refractivity contribution in [2.75, 3.05) is 5.32 Å². The molecule has 0 saturated heterocycles. The lowest BCUT2D eigenvalue weighted by atomic mass is 10.1. The number of nitrogens with one attached hydrogen (secondary N) is 2. The van der Waals surface area contributed by atoms with E-state index in [0.717, 1.165) is 23.4 Å². The summed E-state index contributed by atoms with van der Waals surface area (Å²) in [5.41, 5.74) is 2.64. The van der Waals surface area contributed by atoms with E-state index in [1.165, 1.54) is 11.3 Å². The molecule has 5 nitrogen and oxygen atoms in total. The number of carbonyl (C=O) groups excluding carboxylic acids is 2. The third-order valence-electron chi connectivity index (χ3n) is 4.36. The standard InChI is InChI=1S/C21H19N3O2S/c1-13-18(27-21(22-13)14-7-3-2-4-8-14)20(26)24-17-10-6-5-9-16(17)19(25)23-15-11-12-15/h2-10,15H,11-12H2,1H3,(H,23,25)(H,24,26). The van der Waals surface area contributed by atoms with Crippen LogP contribution in [-0.4, -0.2) is 22.8 Å². The minimum absolute atomic E-state index is 0.153. The van der Waals surface area contributed by atoms with Crippen molar-refractivity contribution in [1.82, 2.24) is 10.3 Å². The zero-order valence-corrected chi connectivity index (χ0v) is 15.7. The maximum atomic E-state index is 12.8. The number of rotatable bonds is 5. The van der Waals surface area contributed by atoms with Gasteiger partial charge in [0.25, 0.3) is 11.8 Å². The fraction of sp³-hybridized carbons (Fsp3) is 0.190. The molecule has 136 valence electrons. The first kappa shape index (κ1) is 17.4. The van der Waals surface area contributed by atoms with Gasteiger partial charge < -0.3 is 10.6 Å². The number of amides is 2. The quantitative estimate of drug-likeness (QED) is 0.698. The monoisotopic (exact) mass is 377 g/mol. The summed E-state index contributed by atoms with van der Waals surface area (Å²) < 4.78 is 0. The van der Waals surface area contributed by atoms with Crippen LogP contribution >= 0.6 is 11.3 Å². The molecule has 2 aromatic carbocycles. The van der Waals surface area contributed by atoms with Crippen molar-refractivity contribution in [2.24, 2.45) is 0 Å². The SMILES string of the molecule is Cc1nc(-c2ccccc2)sc1C(=O)Nc1ccccc1C(=O)NC1CC1. The van der Waals surface area contributed by atoms with Crippen LogP contribution in [0.15, 0.2) is 54.6 Å². The molecular formula is C21H19N3O2S. The lowest BCUT2D eigenvalue weighted by Crippen LogP contribution is -2.27. The average Bonchev–Trinajstić information content (AvgIpc) is 3.41. The maximum Gasteiger partial charge on any atom is 0.267 e. The Kier molecular flexibility index (Phi) is 4.73. The summed E-state index contributed by atoms with van der Waals surface area (Å²) in [6.45, 7) is 1.82. The Morgan fingerprint density at radius 3 is 2.44 bits per heavy atom. The van der Waals surface area contributed by atoms with Crippen molar-refractivity contribution in [3.8, 4) is 10.6 Å². The highest BCUT2D eigenvalue weighted by Gasteiger charge is 2.25. The molecule has 1 heterocycles. The van der Waals surface area contributed by atoms with E-state index in [1.807, 2.05) is 37.3 Å². The predicted molar refractivity (Wildman–Crippen MR) is 107 cm³/mol. The maximum absolute atomic E-state index is 12.8. The molecule has 27 heavy (non-hydrogen) atoms. The van der Waals surface area contributed by atoms with Gasteiger partial charge in [-0.3, -0.25) is 9.59 Å². The Hall–Kier alpha value is -2.99. The molecular weight excluding hydrogens is 358 g/mol. The van der Waals surface area contributed by atoms with Gasteiger partial charge in [0.2, 0.25) is 0 Å². The number of para-hydroxylation sites is 1. The van der Waals surface area contributed by atoms with E-state index in [0.29, 0.717) is 21.8 Å². The fourth-order valence-electron chi connectivity index (χ4n) is 2.77. The van der Waals surface area contributed by atoms with E-state index in [2.05, 4.69) is 15.6 Å². The van der Waals surface area contributed by atoms with Crippen molar-refractivity contribution in [1.29, 1.82) is 0 Å². The van der Waals surface area contributed by atoms with E-state index in [-0.39, 0.29) is 17.9 Å². The molecule has 0 bridgehead atoms. The molecule has 2 N–H and O–H groups in total. The van der Waals surface area contributed by atoms with Crippen LogP contribution in [0.25, 0.3) is 10.6 Å². The topological polar surface area (TPSA) is 71.1 Å². The van der Waals surface area contributed by atoms with E-state index in [9.17, 15) is 9.59 Å². The zero-order chi connectivity index (χ0) is 18.8. The highest BCUT2D eigenvalue weighted by atomic mass is 32.1. The third-order valence-corrected chi connectivity index (χ3v) is 5.56. The fourth-order valence-corrected chi connectivity index (χ4v) is 3.74. The molecule has 1 fully saturated rings. The lowest BCUT2D eigenvalue weighted by Gasteiger charge is -2.10. The summed E-state index contributed by atoms with van der Waals surface area (Å²) in [5.74, 6) is -0.404. The number of aromatic nitrogens is 1. The number of anilines is 1. The van der Waals surface area contributed by atoms with Crippen molar-refractivity contribution in [3.05, 3.63) is 70.7 Å². The normalized spacial score (nSPS) is 13.2. The Morgan fingerprint density at radius 2 is 1.70 bits per heavy atom. The first-order chi connectivity index (χ1) is 13.1. The van der Waals surface area contributed by atoms with Crippen molar-refractivity contribution >= 4 is 28.8 Å². The van der Waals surface area contributed by atoms with Crippen LogP contribution in [0.1, 0.15) is 38.6 Å². The van der Waals surface area contributed by atoms with E-state index >= 15 is 0 Å². The van der Waals surface area contributed by atoms with Crippen LogP contribution in [-0.2, 0) is 0 Å². The minimum Gasteiger partial charge on any atom is -0.349 e. The van der Waals surface area contributed by atoms with Gasteiger partial charge in [-0.05, 0) is 31.9 Å². The van der Waals surface area contributed by atoms with Crippen LogP contribution in [0, 0.1) is 6.92 Å². The van der Waals surface area contributed by atoms with Crippen LogP contribution < -0.4 is 10.6 Å². The largest absolute Gasteiger partial charge is 0.349 e. The molecule has 0 radical (unpaired) electrons. The average molecular weight is 377 g/mol. The minimum atomic E-state index is -0.251.